The molecule has 6 nitrogen and oxygen atoms in total. The van der Waals surface area contributed by atoms with Gasteiger partial charge in [-0.1, -0.05) is 11.2 Å². The fourth-order valence-electron chi connectivity index (χ4n) is 1.91. The Morgan fingerprint density at radius 1 is 1.55 bits per heavy atom. The molecule has 0 radical (unpaired) electrons. The van der Waals surface area contributed by atoms with E-state index in [4.69, 9.17) is 14.5 Å². The number of nitrogens with zero attached hydrogens (tertiary/aromatic N) is 2. The van der Waals surface area contributed by atoms with Crippen LogP contribution in [0.25, 0.3) is 17.0 Å². The summed E-state index contributed by atoms with van der Waals surface area (Å²) >= 11 is 0. The molecule has 1 amide bonds. The van der Waals surface area contributed by atoms with E-state index >= 15 is 0 Å². The summed E-state index contributed by atoms with van der Waals surface area (Å²) < 4.78 is 10.2. The molecule has 1 aromatic heterocycles. The number of amides is 1. The molecule has 0 aliphatic heterocycles. The minimum atomic E-state index is -0.385. The van der Waals surface area contributed by atoms with Gasteiger partial charge in [-0.25, -0.2) is 0 Å². The average molecular weight is 299 g/mol. The maximum Gasteiger partial charge on any atom is 0.261 e. The van der Waals surface area contributed by atoms with Crippen molar-refractivity contribution in [3.8, 4) is 6.07 Å². The summed E-state index contributed by atoms with van der Waals surface area (Å²) in [5.41, 5.74) is 1.47. The first kappa shape index (κ1) is 15.7. The van der Waals surface area contributed by atoms with Crippen molar-refractivity contribution in [3.63, 3.8) is 0 Å². The molecule has 0 saturated heterocycles. The van der Waals surface area contributed by atoms with Gasteiger partial charge in [-0.2, -0.15) is 5.26 Å². The topological polar surface area (TPSA) is 88.1 Å². The third-order valence-electron chi connectivity index (χ3n) is 3.01. The lowest BCUT2D eigenvalue weighted by Gasteiger charge is -2.04. The van der Waals surface area contributed by atoms with Crippen LogP contribution < -0.4 is 5.32 Å². The minimum Gasteiger partial charge on any atom is -0.382 e. The van der Waals surface area contributed by atoms with Gasteiger partial charge in [0, 0.05) is 25.1 Å². The number of fused-ring (bicyclic) bond motifs is 1. The third-order valence-corrected chi connectivity index (χ3v) is 3.01. The summed E-state index contributed by atoms with van der Waals surface area (Å²) in [6.07, 6.45) is 3.85. The fourth-order valence-corrected chi connectivity index (χ4v) is 1.91. The van der Waals surface area contributed by atoms with E-state index in [0.29, 0.717) is 31.8 Å². The quantitative estimate of drug-likeness (QED) is 0.481. The van der Waals surface area contributed by atoms with Gasteiger partial charge in [0.2, 0.25) is 0 Å². The number of rotatable bonds is 7. The monoisotopic (exact) mass is 299 g/mol. The van der Waals surface area contributed by atoms with Gasteiger partial charge >= 0.3 is 0 Å². The lowest BCUT2D eigenvalue weighted by Crippen LogP contribution is -2.26. The summed E-state index contributed by atoms with van der Waals surface area (Å²) in [4.78, 5) is 12.0. The Bertz CT molecular complexity index is 713. The Kier molecular flexibility index (Phi) is 5.69. The van der Waals surface area contributed by atoms with E-state index in [1.807, 2.05) is 19.1 Å². The van der Waals surface area contributed by atoms with E-state index in [-0.39, 0.29) is 11.5 Å². The second kappa shape index (κ2) is 7.96. The van der Waals surface area contributed by atoms with Gasteiger partial charge in [0.05, 0.1) is 6.20 Å². The lowest BCUT2D eigenvalue weighted by atomic mass is 10.1. The average Bonchev–Trinajstić information content (AvgIpc) is 2.99. The van der Waals surface area contributed by atoms with Gasteiger partial charge in [-0.05, 0) is 37.1 Å². The minimum absolute atomic E-state index is 0.0622. The van der Waals surface area contributed by atoms with Crippen molar-refractivity contribution in [1.29, 1.82) is 5.26 Å². The van der Waals surface area contributed by atoms with Gasteiger partial charge in [-0.3, -0.25) is 4.79 Å². The molecule has 1 N–H and O–H groups in total. The maximum absolute atomic E-state index is 12.0. The SMILES string of the molecule is CCOCCCNC(=O)/C(C#N)=C\c1ccc2oncc2c1. The third kappa shape index (κ3) is 4.17. The Balaban J connectivity index is 2.00. The molecule has 0 spiro atoms. The summed E-state index contributed by atoms with van der Waals surface area (Å²) in [6, 6.07) is 7.26. The lowest BCUT2D eigenvalue weighted by molar-refractivity contribution is -0.117. The van der Waals surface area contributed by atoms with E-state index < -0.39 is 0 Å². The maximum atomic E-state index is 12.0. The molecule has 0 aliphatic carbocycles. The highest BCUT2D eigenvalue weighted by Gasteiger charge is 2.08. The van der Waals surface area contributed by atoms with Crippen molar-refractivity contribution in [3.05, 3.63) is 35.5 Å². The Hall–Kier alpha value is -2.65. The molecular formula is C16H17N3O3. The van der Waals surface area contributed by atoms with E-state index in [1.54, 1.807) is 24.4 Å². The summed E-state index contributed by atoms with van der Waals surface area (Å²) in [7, 11) is 0. The van der Waals surface area contributed by atoms with Crippen molar-refractivity contribution in [1.82, 2.24) is 10.5 Å². The molecule has 114 valence electrons. The highest BCUT2D eigenvalue weighted by Crippen LogP contribution is 2.17. The van der Waals surface area contributed by atoms with E-state index in [2.05, 4.69) is 10.5 Å². The summed E-state index contributed by atoms with van der Waals surface area (Å²) in [5, 5.41) is 16.4. The molecule has 0 unspecified atom stereocenters. The smallest absolute Gasteiger partial charge is 0.261 e. The van der Waals surface area contributed by atoms with Crippen LogP contribution in [0.3, 0.4) is 0 Å². The van der Waals surface area contributed by atoms with Crippen LogP contribution in [0.4, 0.5) is 0 Å². The first-order valence-electron chi connectivity index (χ1n) is 7.06. The number of aromatic nitrogens is 1. The molecule has 22 heavy (non-hydrogen) atoms. The van der Waals surface area contributed by atoms with Crippen LogP contribution in [0, 0.1) is 11.3 Å². The predicted octanol–water partition coefficient (Wildman–Crippen LogP) is 2.28. The molecule has 6 heteroatoms. The van der Waals surface area contributed by atoms with Crippen LogP contribution in [0.2, 0.25) is 0 Å². The largest absolute Gasteiger partial charge is 0.382 e. The number of nitrogens with one attached hydrogen (secondary N) is 1. The predicted molar refractivity (Wildman–Crippen MR) is 81.7 cm³/mol. The highest BCUT2D eigenvalue weighted by molar-refractivity contribution is 6.02. The van der Waals surface area contributed by atoms with Gasteiger partial charge in [0.15, 0.2) is 5.58 Å². The van der Waals surface area contributed by atoms with Crippen LogP contribution >= 0.6 is 0 Å². The summed E-state index contributed by atoms with van der Waals surface area (Å²) in [5.74, 6) is -0.385. The number of carbonyl (C=O) groups excluding carboxylic acids is 1. The summed E-state index contributed by atoms with van der Waals surface area (Å²) in [6.45, 7) is 3.64. The van der Waals surface area contributed by atoms with Crippen molar-refractivity contribution in [2.24, 2.45) is 0 Å². The molecule has 0 aliphatic rings. The normalized spacial score (nSPS) is 11.4. The number of nitriles is 1. The van der Waals surface area contributed by atoms with Crippen LogP contribution in [-0.2, 0) is 9.53 Å². The van der Waals surface area contributed by atoms with E-state index in [9.17, 15) is 4.79 Å². The van der Waals surface area contributed by atoms with Crippen LogP contribution in [0.5, 0.6) is 0 Å². The number of benzene rings is 1. The molecule has 0 atom stereocenters. The zero-order valence-corrected chi connectivity index (χ0v) is 12.3. The molecule has 1 aromatic carbocycles. The van der Waals surface area contributed by atoms with Crippen LogP contribution in [0.15, 0.2) is 34.5 Å². The Labute approximate surface area is 128 Å². The molecule has 2 aromatic rings. The van der Waals surface area contributed by atoms with Gasteiger partial charge in [0.25, 0.3) is 5.91 Å². The second-order valence-electron chi connectivity index (χ2n) is 4.60. The standard InChI is InChI=1S/C16H17N3O3/c1-2-21-7-3-6-18-16(20)13(10-17)8-12-4-5-15-14(9-12)11-19-22-15/h4-5,8-9,11H,2-3,6-7H2,1H3,(H,18,20)/b13-8-. The molecular weight excluding hydrogens is 282 g/mol. The first-order chi connectivity index (χ1) is 10.7. The van der Waals surface area contributed by atoms with Crippen molar-refractivity contribution in [2.45, 2.75) is 13.3 Å². The number of ether oxygens (including phenoxy) is 1. The zero-order chi connectivity index (χ0) is 15.8. The first-order valence-corrected chi connectivity index (χ1v) is 7.06. The number of carbonyl (C=O) groups is 1. The second-order valence-corrected chi connectivity index (χ2v) is 4.60. The number of hydrogen-bond acceptors (Lipinski definition) is 5. The molecule has 0 fully saturated rings. The Morgan fingerprint density at radius 2 is 2.41 bits per heavy atom. The highest BCUT2D eigenvalue weighted by atomic mass is 16.5. The Morgan fingerprint density at radius 3 is 3.18 bits per heavy atom. The number of hydrogen-bond donors (Lipinski definition) is 1. The van der Waals surface area contributed by atoms with Gasteiger partial charge < -0.3 is 14.6 Å². The van der Waals surface area contributed by atoms with Crippen molar-refractivity contribution >= 4 is 23.0 Å². The van der Waals surface area contributed by atoms with E-state index in [0.717, 1.165) is 10.9 Å². The van der Waals surface area contributed by atoms with E-state index in [1.165, 1.54) is 0 Å². The fraction of sp³-hybridized carbons (Fsp3) is 0.312. The molecule has 2 rings (SSSR count). The van der Waals surface area contributed by atoms with Gasteiger partial charge in [0.1, 0.15) is 11.6 Å². The van der Waals surface area contributed by atoms with Gasteiger partial charge in [-0.15, -0.1) is 0 Å². The van der Waals surface area contributed by atoms with Crippen LogP contribution in [-0.4, -0.2) is 30.8 Å². The van der Waals surface area contributed by atoms with Crippen LogP contribution in [0.1, 0.15) is 18.9 Å². The van der Waals surface area contributed by atoms with Crippen molar-refractivity contribution in [2.75, 3.05) is 19.8 Å². The van der Waals surface area contributed by atoms with Crippen molar-refractivity contribution < 1.29 is 14.1 Å². The molecule has 0 bridgehead atoms. The zero-order valence-electron chi connectivity index (χ0n) is 12.3. The molecule has 1 heterocycles. The molecule has 0 saturated carbocycles.